The van der Waals surface area contributed by atoms with Crippen molar-refractivity contribution in [2.75, 3.05) is 26.0 Å². The maximum atomic E-state index is 11.6. The van der Waals surface area contributed by atoms with Crippen LogP contribution in [0.3, 0.4) is 0 Å². The molecule has 0 unspecified atom stereocenters. The van der Waals surface area contributed by atoms with Crippen molar-refractivity contribution in [1.82, 2.24) is 9.88 Å². The van der Waals surface area contributed by atoms with Gasteiger partial charge in [-0.3, -0.25) is 4.79 Å². The highest BCUT2D eigenvalue weighted by Gasteiger charge is 2.20. The number of fused-ring (bicyclic) bond motifs is 1. The van der Waals surface area contributed by atoms with Crippen LogP contribution in [0, 0.1) is 0 Å². The molecule has 102 valence electrons. The lowest BCUT2D eigenvalue weighted by atomic mass is 9.99. The number of aromatic nitrogens is 1. The molecule has 1 amide bonds. The predicted octanol–water partition coefficient (Wildman–Crippen LogP) is 0.881. The molecule has 0 fully saturated rings. The quantitative estimate of drug-likeness (QED) is 0.867. The largest absolute Gasteiger partial charge is 0.327 e. The number of anilines is 1. The van der Waals surface area contributed by atoms with Gasteiger partial charge >= 0.3 is 0 Å². The second-order valence-corrected chi connectivity index (χ2v) is 5.76. The number of carbonyl (C=O) groups excluding carboxylic acids is 1. The van der Waals surface area contributed by atoms with Crippen LogP contribution in [-0.2, 0) is 17.6 Å². The number of nitrogens with one attached hydrogen (secondary N) is 1. The summed E-state index contributed by atoms with van der Waals surface area (Å²) in [6, 6.07) is 0.244. The SMILES string of the molecule is CN(C)CC(=O)Nc1nc2c(s1)C[C@@H](N)CC2.Cl. The van der Waals surface area contributed by atoms with Gasteiger partial charge in [0, 0.05) is 10.9 Å². The number of nitrogens with zero attached hydrogens (tertiary/aromatic N) is 2. The van der Waals surface area contributed by atoms with Gasteiger partial charge in [-0.1, -0.05) is 0 Å². The second kappa shape index (κ2) is 6.47. The molecule has 1 aliphatic rings. The molecule has 1 aliphatic carbocycles. The van der Waals surface area contributed by atoms with E-state index >= 15 is 0 Å². The standard InChI is InChI=1S/C11H18N4OS.ClH/c1-15(2)6-10(16)14-11-13-8-4-3-7(12)5-9(8)17-11;/h7H,3-6,12H2,1-2H3,(H,13,14,16);1H/t7-;/m0./s1. The van der Waals surface area contributed by atoms with E-state index in [1.807, 2.05) is 19.0 Å². The van der Waals surface area contributed by atoms with Gasteiger partial charge in [0.15, 0.2) is 5.13 Å². The number of halogens is 1. The average molecular weight is 291 g/mol. The fourth-order valence-electron chi connectivity index (χ4n) is 1.90. The Morgan fingerprint density at radius 2 is 2.33 bits per heavy atom. The molecule has 18 heavy (non-hydrogen) atoms. The Bertz CT molecular complexity index is 421. The van der Waals surface area contributed by atoms with Crippen molar-refractivity contribution in [2.24, 2.45) is 5.73 Å². The van der Waals surface area contributed by atoms with Crippen LogP contribution in [0.5, 0.6) is 0 Å². The van der Waals surface area contributed by atoms with Gasteiger partial charge in [0.25, 0.3) is 0 Å². The zero-order valence-electron chi connectivity index (χ0n) is 10.6. The van der Waals surface area contributed by atoms with Gasteiger partial charge in [-0.05, 0) is 33.4 Å². The summed E-state index contributed by atoms with van der Waals surface area (Å²) >= 11 is 1.55. The van der Waals surface area contributed by atoms with Crippen molar-refractivity contribution in [2.45, 2.75) is 25.3 Å². The number of likely N-dealkylation sites (N-methyl/N-ethyl adjacent to an activating group) is 1. The fraction of sp³-hybridized carbons (Fsp3) is 0.636. The van der Waals surface area contributed by atoms with E-state index in [4.69, 9.17) is 5.73 Å². The number of nitrogens with two attached hydrogens (primary N) is 1. The third-order valence-electron chi connectivity index (χ3n) is 2.68. The van der Waals surface area contributed by atoms with Crippen molar-refractivity contribution in [3.8, 4) is 0 Å². The maximum Gasteiger partial charge on any atom is 0.240 e. The Kier molecular flexibility index (Phi) is 5.52. The average Bonchev–Trinajstić information content (AvgIpc) is 2.57. The molecule has 0 saturated carbocycles. The minimum atomic E-state index is -0.0228. The third kappa shape index (κ3) is 3.91. The van der Waals surface area contributed by atoms with Gasteiger partial charge < -0.3 is 16.0 Å². The van der Waals surface area contributed by atoms with Gasteiger partial charge in [0.05, 0.1) is 12.2 Å². The molecule has 0 bridgehead atoms. The highest BCUT2D eigenvalue weighted by atomic mass is 35.5. The van der Waals surface area contributed by atoms with Crippen LogP contribution >= 0.6 is 23.7 Å². The zero-order chi connectivity index (χ0) is 12.4. The van der Waals surface area contributed by atoms with Crippen LogP contribution in [0.4, 0.5) is 5.13 Å². The summed E-state index contributed by atoms with van der Waals surface area (Å²) in [5, 5.41) is 3.54. The number of carbonyl (C=O) groups is 1. The smallest absolute Gasteiger partial charge is 0.240 e. The second-order valence-electron chi connectivity index (χ2n) is 4.68. The topological polar surface area (TPSA) is 71.2 Å². The van der Waals surface area contributed by atoms with Crippen LogP contribution in [0.25, 0.3) is 0 Å². The first-order valence-corrected chi connectivity index (χ1v) is 6.55. The molecule has 3 N–H and O–H groups in total. The highest BCUT2D eigenvalue weighted by molar-refractivity contribution is 7.15. The molecule has 1 heterocycles. The van der Waals surface area contributed by atoms with E-state index in [2.05, 4.69) is 10.3 Å². The van der Waals surface area contributed by atoms with Crippen molar-refractivity contribution in [3.05, 3.63) is 10.6 Å². The summed E-state index contributed by atoms with van der Waals surface area (Å²) in [6.07, 6.45) is 2.80. The molecule has 5 nitrogen and oxygen atoms in total. The summed E-state index contributed by atoms with van der Waals surface area (Å²) in [6.45, 7) is 0.379. The van der Waals surface area contributed by atoms with E-state index in [1.54, 1.807) is 11.3 Å². The van der Waals surface area contributed by atoms with Crippen LogP contribution < -0.4 is 11.1 Å². The van der Waals surface area contributed by atoms with Gasteiger partial charge in [-0.25, -0.2) is 4.98 Å². The predicted molar refractivity (Wildman–Crippen MR) is 76.5 cm³/mol. The molecule has 0 aliphatic heterocycles. The minimum Gasteiger partial charge on any atom is -0.327 e. The molecule has 0 radical (unpaired) electrons. The van der Waals surface area contributed by atoms with Crippen molar-refractivity contribution in [3.63, 3.8) is 0 Å². The van der Waals surface area contributed by atoms with Gasteiger partial charge in [-0.15, -0.1) is 23.7 Å². The van der Waals surface area contributed by atoms with E-state index < -0.39 is 0 Å². The van der Waals surface area contributed by atoms with Crippen molar-refractivity contribution in [1.29, 1.82) is 0 Å². The molecule has 1 aromatic rings. The summed E-state index contributed by atoms with van der Waals surface area (Å²) < 4.78 is 0. The molecule has 7 heteroatoms. The first kappa shape index (κ1) is 15.4. The number of aryl methyl sites for hydroxylation is 1. The molecule has 2 rings (SSSR count). The first-order valence-electron chi connectivity index (χ1n) is 5.73. The minimum absolute atomic E-state index is 0. The Balaban J connectivity index is 0.00000162. The Hall–Kier alpha value is -0.690. The van der Waals surface area contributed by atoms with Crippen LogP contribution in [-0.4, -0.2) is 42.5 Å². The molecule has 1 aromatic heterocycles. The van der Waals surface area contributed by atoms with Gasteiger partial charge in [0.1, 0.15) is 0 Å². The number of thiazole rings is 1. The molecule has 1 atom stereocenters. The molecule has 0 saturated heterocycles. The Labute approximate surface area is 117 Å². The lowest BCUT2D eigenvalue weighted by Crippen LogP contribution is -2.27. The number of hydrogen-bond donors (Lipinski definition) is 2. The summed E-state index contributed by atoms with van der Waals surface area (Å²) in [4.78, 5) is 19.1. The summed E-state index contributed by atoms with van der Waals surface area (Å²) in [5.41, 5.74) is 7.02. The maximum absolute atomic E-state index is 11.6. The molecular formula is C11H19ClN4OS. The normalized spacial score (nSPS) is 18.1. The Morgan fingerprint density at radius 1 is 1.61 bits per heavy atom. The van der Waals surface area contributed by atoms with Gasteiger partial charge in [-0.2, -0.15) is 0 Å². The summed E-state index contributed by atoms with van der Waals surface area (Å²) in [7, 11) is 3.73. The molecule has 0 spiro atoms. The third-order valence-corrected chi connectivity index (χ3v) is 3.72. The van der Waals surface area contributed by atoms with Crippen molar-refractivity contribution < 1.29 is 4.79 Å². The van der Waals surface area contributed by atoms with Crippen LogP contribution in [0.1, 0.15) is 17.0 Å². The number of amides is 1. The van der Waals surface area contributed by atoms with E-state index in [0.29, 0.717) is 11.7 Å². The first-order chi connectivity index (χ1) is 8.04. The van der Waals surface area contributed by atoms with E-state index in [9.17, 15) is 4.79 Å². The number of rotatable bonds is 3. The monoisotopic (exact) mass is 290 g/mol. The van der Waals surface area contributed by atoms with E-state index in [1.165, 1.54) is 4.88 Å². The lowest BCUT2D eigenvalue weighted by molar-refractivity contribution is -0.116. The van der Waals surface area contributed by atoms with Crippen molar-refractivity contribution >= 4 is 34.8 Å². The van der Waals surface area contributed by atoms with E-state index in [-0.39, 0.29) is 24.4 Å². The number of hydrogen-bond acceptors (Lipinski definition) is 5. The van der Waals surface area contributed by atoms with Gasteiger partial charge in [0.2, 0.25) is 5.91 Å². The highest BCUT2D eigenvalue weighted by Crippen LogP contribution is 2.29. The zero-order valence-corrected chi connectivity index (χ0v) is 12.2. The molecule has 0 aromatic carbocycles. The molecular weight excluding hydrogens is 272 g/mol. The summed E-state index contributed by atoms with van der Waals surface area (Å²) in [5.74, 6) is -0.0228. The van der Waals surface area contributed by atoms with E-state index in [0.717, 1.165) is 25.0 Å². The fourth-order valence-corrected chi connectivity index (χ4v) is 3.02. The Morgan fingerprint density at radius 3 is 3.00 bits per heavy atom. The van der Waals surface area contributed by atoms with Crippen LogP contribution in [0.15, 0.2) is 0 Å². The lowest BCUT2D eigenvalue weighted by Gasteiger charge is -2.15. The van der Waals surface area contributed by atoms with Crippen LogP contribution in [0.2, 0.25) is 0 Å².